The summed E-state index contributed by atoms with van der Waals surface area (Å²) in [6.45, 7) is 1.91. The van der Waals surface area contributed by atoms with E-state index in [1.54, 1.807) is 18.5 Å². The lowest BCUT2D eigenvalue weighted by molar-refractivity contribution is -0.126. The highest BCUT2D eigenvalue weighted by Crippen LogP contribution is 2.34. The number of aryl methyl sites for hydroxylation is 1. The molecule has 1 N–H and O–H groups in total. The van der Waals surface area contributed by atoms with Gasteiger partial charge in [-0.3, -0.25) is 0 Å². The van der Waals surface area contributed by atoms with Crippen molar-refractivity contribution in [1.29, 1.82) is 0 Å². The second kappa shape index (κ2) is 3.59. The van der Waals surface area contributed by atoms with Crippen molar-refractivity contribution in [2.75, 3.05) is 0 Å². The molecule has 0 bridgehead atoms. The fourth-order valence-electron chi connectivity index (χ4n) is 1.83. The van der Waals surface area contributed by atoms with Gasteiger partial charge in [0.2, 0.25) is 0 Å². The summed E-state index contributed by atoms with van der Waals surface area (Å²) in [4.78, 5) is 18.9. The Morgan fingerprint density at radius 3 is 2.94 bits per heavy atom. The van der Waals surface area contributed by atoms with Gasteiger partial charge in [0.15, 0.2) is 0 Å². The molecule has 1 aliphatic heterocycles. The summed E-state index contributed by atoms with van der Waals surface area (Å²) < 4.78 is 5.16. The molecule has 3 rings (SSSR count). The molecule has 1 aliphatic rings. The number of hydrogen-bond donors (Lipinski definition) is 1. The monoisotopic (exact) mass is 226 g/mol. The Hall–Kier alpha value is -2.36. The quantitative estimate of drug-likeness (QED) is 0.460. The summed E-state index contributed by atoms with van der Waals surface area (Å²) in [5.74, 6) is 0.283. The smallest absolute Gasteiger partial charge is 0.344 e. The molecule has 4 heteroatoms. The number of ether oxygens (including phenoxy) is 1. The molecule has 0 radical (unpaired) electrons. The van der Waals surface area contributed by atoms with Gasteiger partial charge in [-0.15, -0.1) is 0 Å². The third-order valence-corrected chi connectivity index (χ3v) is 2.75. The first-order chi connectivity index (χ1) is 8.25. The van der Waals surface area contributed by atoms with Crippen LogP contribution < -0.4 is 4.74 Å². The molecule has 0 saturated carbocycles. The molecule has 0 atom stereocenters. The molecule has 1 aromatic heterocycles. The molecule has 4 nitrogen and oxygen atoms in total. The summed E-state index contributed by atoms with van der Waals surface area (Å²) in [7, 11) is 0. The number of H-pyrrole nitrogens is 1. The first-order valence-electron chi connectivity index (χ1n) is 5.29. The normalized spacial score (nSPS) is 16.1. The zero-order valence-corrected chi connectivity index (χ0v) is 9.23. The SMILES string of the molecule is Cc1[nH]cnc1/C=C1\C(=O)Oc2ccccc21. The number of carbonyl (C=O) groups excluding carboxylic acids is 1. The van der Waals surface area contributed by atoms with Crippen molar-refractivity contribution in [2.24, 2.45) is 0 Å². The number of imidazole rings is 1. The average Bonchev–Trinajstić information content (AvgIpc) is 2.85. The number of nitrogens with zero attached hydrogens (tertiary/aromatic N) is 1. The van der Waals surface area contributed by atoms with Crippen LogP contribution in [0.2, 0.25) is 0 Å². The summed E-state index contributed by atoms with van der Waals surface area (Å²) in [6, 6.07) is 7.38. The van der Waals surface area contributed by atoms with Crippen LogP contribution in [0.3, 0.4) is 0 Å². The number of aromatic nitrogens is 2. The highest BCUT2D eigenvalue weighted by atomic mass is 16.5. The van der Waals surface area contributed by atoms with E-state index in [-0.39, 0.29) is 5.97 Å². The number of hydrogen-bond acceptors (Lipinski definition) is 3. The van der Waals surface area contributed by atoms with E-state index in [1.165, 1.54) is 0 Å². The second-order valence-corrected chi connectivity index (χ2v) is 3.86. The summed E-state index contributed by atoms with van der Waals surface area (Å²) in [6.07, 6.45) is 3.36. The van der Waals surface area contributed by atoms with E-state index in [4.69, 9.17) is 4.74 Å². The number of nitrogens with one attached hydrogen (secondary N) is 1. The van der Waals surface area contributed by atoms with Crippen LogP contribution in [-0.4, -0.2) is 15.9 Å². The fraction of sp³-hybridized carbons (Fsp3) is 0.0769. The third kappa shape index (κ3) is 1.54. The molecule has 0 aliphatic carbocycles. The van der Waals surface area contributed by atoms with Crippen molar-refractivity contribution in [2.45, 2.75) is 6.92 Å². The molecule has 0 amide bonds. The van der Waals surface area contributed by atoms with Crippen LogP contribution in [0, 0.1) is 6.92 Å². The van der Waals surface area contributed by atoms with Crippen molar-refractivity contribution in [3.8, 4) is 5.75 Å². The molecule has 17 heavy (non-hydrogen) atoms. The molecule has 0 fully saturated rings. The van der Waals surface area contributed by atoms with Crippen LogP contribution in [-0.2, 0) is 4.79 Å². The van der Waals surface area contributed by atoms with Gasteiger partial charge in [-0.25, -0.2) is 9.78 Å². The first kappa shape index (κ1) is 9.84. The lowest BCUT2D eigenvalue weighted by atomic mass is 10.1. The Kier molecular flexibility index (Phi) is 2.08. The molecule has 2 aromatic rings. The lowest BCUT2D eigenvalue weighted by Crippen LogP contribution is -2.00. The van der Waals surface area contributed by atoms with Crippen molar-refractivity contribution >= 4 is 17.6 Å². The number of rotatable bonds is 1. The van der Waals surface area contributed by atoms with Crippen LogP contribution in [0.25, 0.3) is 11.6 Å². The minimum atomic E-state index is -0.325. The van der Waals surface area contributed by atoms with E-state index < -0.39 is 0 Å². The molecule has 0 spiro atoms. The average molecular weight is 226 g/mol. The van der Waals surface area contributed by atoms with Crippen molar-refractivity contribution in [3.05, 3.63) is 47.5 Å². The molecular formula is C13H10N2O2. The van der Waals surface area contributed by atoms with Gasteiger partial charge < -0.3 is 9.72 Å². The Morgan fingerprint density at radius 2 is 2.18 bits per heavy atom. The number of fused-ring (bicyclic) bond motifs is 1. The first-order valence-corrected chi connectivity index (χ1v) is 5.29. The van der Waals surface area contributed by atoms with Gasteiger partial charge in [0.05, 0.1) is 17.6 Å². The molecule has 2 heterocycles. The predicted molar refractivity (Wildman–Crippen MR) is 63.3 cm³/mol. The minimum absolute atomic E-state index is 0.325. The Labute approximate surface area is 98.0 Å². The predicted octanol–water partition coefficient (Wildman–Crippen LogP) is 2.18. The van der Waals surface area contributed by atoms with E-state index in [2.05, 4.69) is 9.97 Å². The van der Waals surface area contributed by atoms with Crippen molar-refractivity contribution in [1.82, 2.24) is 9.97 Å². The number of aromatic amines is 1. The van der Waals surface area contributed by atoms with Crippen LogP contribution in [0.4, 0.5) is 0 Å². The minimum Gasteiger partial charge on any atom is -0.422 e. The maximum absolute atomic E-state index is 11.7. The summed E-state index contributed by atoms with van der Waals surface area (Å²) in [5.41, 5.74) is 3.05. The Morgan fingerprint density at radius 1 is 1.35 bits per heavy atom. The maximum Gasteiger partial charge on any atom is 0.344 e. The molecule has 84 valence electrons. The Balaban J connectivity index is 2.13. The topological polar surface area (TPSA) is 55.0 Å². The Bertz CT molecular complexity index is 626. The van der Waals surface area contributed by atoms with Gasteiger partial charge in [0.25, 0.3) is 0 Å². The van der Waals surface area contributed by atoms with Gasteiger partial charge in [0.1, 0.15) is 5.75 Å². The molecule has 0 saturated heterocycles. The maximum atomic E-state index is 11.7. The van der Waals surface area contributed by atoms with E-state index >= 15 is 0 Å². The van der Waals surface area contributed by atoms with E-state index in [9.17, 15) is 4.79 Å². The highest BCUT2D eigenvalue weighted by molar-refractivity contribution is 6.25. The van der Waals surface area contributed by atoms with Gasteiger partial charge in [0, 0.05) is 11.3 Å². The van der Waals surface area contributed by atoms with Crippen LogP contribution >= 0.6 is 0 Å². The molecule has 0 unspecified atom stereocenters. The number of esters is 1. The van der Waals surface area contributed by atoms with Crippen LogP contribution in [0.1, 0.15) is 17.0 Å². The second-order valence-electron chi connectivity index (χ2n) is 3.86. The highest BCUT2D eigenvalue weighted by Gasteiger charge is 2.26. The van der Waals surface area contributed by atoms with E-state index in [0.717, 1.165) is 17.0 Å². The zero-order chi connectivity index (χ0) is 11.8. The molecular weight excluding hydrogens is 216 g/mol. The summed E-state index contributed by atoms with van der Waals surface area (Å²) >= 11 is 0. The van der Waals surface area contributed by atoms with E-state index in [1.807, 2.05) is 25.1 Å². The zero-order valence-electron chi connectivity index (χ0n) is 9.23. The largest absolute Gasteiger partial charge is 0.422 e. The fourth-order valence-corrected chi connectivity index (χ4v) is 1.83. The number of carbonyl (C=O) groups is 1. The molecule has 1 aromatic carbocycles. The van der Waals surface area contributed by atoms with Gasteiger partial charge in [-0.1, -0.05) is 18.2 Å². The standard InChI is InChI=1S/C13H10N2O2/c1-8-11(15-7-14-8)6-10-9-4-2-3-5-12(9)17-13(10)16/h2-7H,1H3,(H,14,15)/b10-6-. The van der Waals surface area contributed by atoms with E-state index in [0.29, 0.717) is 11.3 Å². The van der Waals surface area contributed by atoms with Crippen LogP contribution in [0.5, 0.6) is 5.75 Å². The van der Waals surface area contributed by atoms with Gasteiger partial charge in [-0.2, -0.15) is 0 Å². The third-order valence-electron chi connectivity index (χ3n) is 2.75. The van der Waals surface area contributed by atoms with Crippen LogP contribution in [0.15, 0.2) is 30.6 Å². The van der Waals surface area contributed by atoms with Gasteiger partial charge in [-0.05, 0) is 19.1 Å². The van der Waals surface area contributed by atoms with Crippen molar-refractivity contribution < 1.29 is 9.53 Å². The number of para-hydroxylation sites is 1. The van der Waals surface area contributed by atoms with Crippen molar-refractivity contribution in [3.63, 3.8) is 0 Å². The summed E-state index contributed by atoms with van der Waals surface area (Å²) in [5, 5.41) is 0. The lowest BCUT2D eigenvalue weighted by Gasteiger charge is -1.94. The van der Waals surface area contributed by atoms with Gasteiger partial charge >= 0.3 is 5.97 Å². The number of benzene rings is 1.